The fourth-order valence-corrected chi connectivity index (χ4v) is 0.818. The molecule has 0 bridgehead atoms. The Morgan fingerprint density at radius 3 is 2.27 bits per heavy atom. The quantitative estimate of drug-likeness (QED) is 0.532. The van der Waals surface area contributed by atoms with Crippen molar-refractivity contribution in [2.45, 2.75) is 33.6 Å². The Kier molecular flexibility index (Phi) is 5.67. The summed E-state index contributed by atoms with van der Waals surface area (Å²) < 4.78 is 4.53. The third kappa shape index (κ3) is 6.71. The van der Waals surface area contributed by atoms with Crippen LogP contribution in [0.5, 0.6) is 0 Å². The molecule has 4 nitrogen and oxygen atoms in total. The Bertz CT molecular complexity index is 233. The molecule has 0 radical (unpaired) electrons. The van der Waals surface area contributed by atoms with Crippen LogP contribution in [0.3, 0.4) is 0 Å². The highest BCUT2D eigenvalue weighted by Gasteiger charge is 2.21. The summed E-state index contributed by atoms with van der Waals surface area (Å²) in [5.41, 5.74) is -0.422. The summed E-state index contributed by atoms with van der Waals surface area (Å²) in [6.07, 6.45) is 2.91. The molecule has 0 unspecified atom stereocenters. The van der Waals surface area contributed by atoms with E-state index in [2.05, 4.69) is 16.6 Å². The predicted octanol–water partition coefficient (Wildman–Crippen LogP) is 1.62. The van der Waals surface area contributed by atoms with Gasteiger partial charge in [0.15, 0.2) is 0 Å². The van der Waals surface area contributed by atoms with Gasteiger partial charge in [0.25, 0.3) is 0 Å². The van der Waals surface area contributed by atoms with Crippen molar-refractivity contribution < 1.29 is 14.3 Å². The van der Waals surface area contributed by atoms with Crippen molar-refractivity contribution in [1.82, 2.24) is 5.32 Å². The van der Waals surface area contributed by atoms with Crippen LogP contribution in [-0.4, -0.2) is 18.4 Å². The molecule has 86 valence electrons. The number of amides is 1. The molecule has 0 aromatic rings. The van der Waals surface area contributed by atoms with E-state index in [9.17, 15) is 9.59 Å². The largest absolute Gasteiger partial charge is 0.435 e. The Hall–Kier alpha value is -1.32. The maximum absolute atomic E-state index is 10.8. The van der Waals surface area contributed by atoms with Gasteiger partial charge in [0.05, 0.1) is 11.7 Å². The number of carbonyl (C=O) groups excluding carboxylic acids is 2. The maximum atomic E-state index is 10.8. The number of nitrogens with one attached hydrogen (secondary N) is 1. The van der Waals surface area contributed by atoms with Gasteiger partial charge in [0, 0.05) is 13.0 Å². The van der Waals surface area contributed by atoms with E-state index >= 15 is 0 Å². The van der Waals surface area contributed by atoms with Gasteiger partial charge in [0.2, 0.25) is 5.91 Å². The second-order valence-corrected chi connectivity index (χ2v) is 4.28. The smallest absolute Gasteiger partial charge is 0.316 e. The molecule has 1 heterocycles. The first-order chi connectivity index (χ1) is 6.88. The highest BCUT2D eigenvalue weighted by molar-refractivity contribution is 5.77. The van der Waals surface area contributed by atoms with Crippen LogP contribution in [0.1, 0.15) is 33.6 Å². The van der Waals surface area contributed by atoms with Crippen LogP contribution in [0.15, 0.2) is 12.8 Å². The Labute approximate surface area is 90.7 Å². The lowest BCUT2D eigenvalue weighted by atomic mass is 9.98. The fourth-order valence-electron chi connectivity index (χ4n) is 0.818. The van der Waals surface area contributed by atoms with Gasteiger partial charge in [-0.1, -0.05) is 6.58 Å². The first-order valence-corrected chi connectivity index (χ1v) is 4.96. The Balaban J connectivity index is 0.000000280. The monoisotopic (exact) mass is 213 g/mol. The van der Waals surface area contributed by atoms with E-state index in [1.165, 1.54) is 0 Å². The highest BCUT2D eigenvalue weighted by atomic mass is 16.5. The van der Waals surface area contributed by atoms with E-state index in [4.69, 9.17) is 0 Å². The SMILES string of the molecule is C=COC(=O)C(C)(C)C.O=C1CCCN1. The molecule has 4 heteroatoms. The molecule has 1 N–H and O–H groups in total. The van der Waals surface area contributed by atoms with Crippen molar-refractivity contribution in [3.63, 3.8) is 0 Å². The molecule has 0 spiro atoms. The number of hydrogen-bond donors (Lipinski definition) is 1. The van der Waals surface area contributed by atoms with Crippen molar-refractivity contribution in [3.05, 3.63) is 12.8 Å². The first kappa shape index (κ1) is 13.7. The summed E-state index contributed by atoms with van der Waals surface area (Å²) in [4.78, 5) is 20.9. The number of hydrogen-bond acceptors (Lipinski definition) is 3. The number of rotatable bonds is 1. The molecule has 1 saturated heterocycles. The van der Waals surface area contributed by atoms with Crippen LogP contribution in [0, 0.1) is 5.41 Å². The minimum absolute atomic E-state index is 0.204. The second-order valence-electron chi connectivity index (χ2n) is 4.28. The fraction of sp³-hybridized carbons (Fsp3) is 0.636. The molecule has 1 fully saturated rings. The molecular weight excluding hydrogens is 194 g/mol. The van der Waals surface area contributed by atoms with Crippen molar-refractivity contribution in [1.29, 1.82) is 0 Å². The van der Waals surface area contributed by atoms with Crippen molar-refractivity contribution >= 4 is 11.9 Å². The minimum atomic E-state index is -0.422. The zero-order chi connectivity index (χ0) is 11.9. The normalized spacial score (nSPS) is 14.7. The van der Waals surface area contributed by atoms with Crippen LogP contribution >= 0.6 is 0 Å². The Morgan fingerprint density at radius 2 is 2.13 bits per heavy atom. The van der Waals surface area contributed by atoms with Gasteiger partial charge in [-0.05, 0) is 27.2 Å². The highest BCUT2D eigenvalue weighted by Crippen LogP contribution is 2.14. The van der Waals surface area contributed by atoms with E-state index in [1.54, 1.807) is 20.8 Å². The lowest BCUT2D eigenvalue weighted by molar-refractivity contribution is -0.146. The standard InChI is InChI=1S/C7H12O2.C4H7NO/c1-5-9-6(8)7(2,3)4;6-4-2-1-3-5-4/h5H,1H2,2-4H3;1-3H2,(H,5,6). The van der Waals surface area contributed by atoms with Gasteiger partial charge in [-0.15, -0.1) is 0 Å². The average Bonchev–Trinajstić information content (AvgIpc) is 2.56. The van der Waals surface area contributed by atoms with E-state index in [0.717, 1.165) is 25.6 Å². The first-order valence-electron chi connectivity index (χ1n) is 4.96. The molecule has 1 rings (SSSR count). The van der Waals surface area contributed by atoms with Crippen LogP contribution in [0.4, 0.5) is 0 Å². The third-order valence-corrected chi connectivity index (χ3v) is 1.71. The molecule has 0 aliphatic carbocycles. The van der Waals surface area contributed by atoms with Gasteiger partial charge in [0.1, 0.15) is 0 Å². The molecule has 0 aromatic heterocycles. The summed E-state index contributed by atoms with van der Waals surface area (Å²) in [7, 11) is 0. The predicted molar refractivity (Wildman–Crippen MR) is 58.0 cm³/mol. The van der Waals surface area contributed by atoms with E-state index in [-0.39, 0.29) is 11.9 Å². The summed E-state index contributed by atoms with van der Waals surface area (Å²) in [6.45, 7) is 9.53. The van der Waals surface area contributed by atoms with Gasteiger partial charge >= 0.3 is 5.97 Å². The molecule has 15 heavy (non-hydrogen) atoms. The van der Waals surface area contributed by atoms with E-state index in [1.807, 2.05) is 0 Å². The van der Waals surface area contributed by atoms with Crippen molar-refractivity contribution in [2.75, 3.05) is 6.54 Å². The van der Waals surface area contributed by atoms with E-state index < -0.39 is 5.41 Å². The molecule has 1 amide bonds. The van der Waals surface area contributed by atoms with Crippen molar-refractivity contribution in [2.24, 2.45) is 5.41 Å². The topological polar surface area (TPSA) is 55.4 Å². The maximum Gasteiger partial charge on any atom is 0.316 e. The molecular formula is C11H19NO3. The number of ether oxygens (including phenoxy) is 1. The van der Waals surface area contributed by atoms with Gasteiger partial charge in [-0.2, -0.15) is 0 Å². The molecule has 0 aromatic carbocycles. The van der Waals surface area contributed by atoms with Gasteiger partial charge < -0.3 is 10.1 Å². The van der Waals surface area contributed by atoms with Crippen LogP contribution in [-0.2, 0) is 14.3 Å². The molecule has 0 atom stereocenters. The number of carbonyl (C=O) groups is 2. The summed E-state index contributed by atoms with van der Waals surface area (Å²) in [5, 5.41) is 2.68. The summed E-state index contributed by atoms with van der Waals surface area (Å²) >= 11 is 0. The third-order valence-electron chi connectivity index (χ3n) is 1.71. The zero-order valence-corrected chi connectivity index (χ0v) is 9.63. The number of esters is 1. The van der Waals surface area contributed by atoms with E-state index in [0.29, 0.717) is 0 Å². The van der Waals surface area contributed by atoms with Gasteiger partial charge in [-0.25, -0.2) is 0 Å². The second kappa shape index (κ2) is 6.22. The summed E-state index contributed by atoms with van der Waals surface area (Å²) in [6, 6.07) is 0. The van der Waals surface area contributed by atoms with Crippen LogP contribution in [0.2, 0.25) is 0 Å². The Morgan fingerprint density at radius 1 is 1.53 bits per heavy atom. The van der Waals surface area contributed by atoms with Crippen LogP contribution < -0.4 is 5.32 Å². The van der Waals surface area contributed by atoms with Crippen molar-refractivity contribution in [3.8, 4) is 0 Å². The summed E-state index contributed by atoms with van der Waals surface area (Å²) in [5.74, 6) is -0.0486. The molecule has 1 aliphatic heterocycles. The lowest BCUT2D eigenvalue weighted by Gasteiger charge is -2.13. The molecule has 0 saturated carbocycles. The zero-order valence-electron chi connectivity index (χ0n) is 9.63. The lowest BCUT2D eigenvalue weighted by Crippen LogP contribution is -2.20. The molecule has 1 aliphatic rings. The minimum Gasteiger partial charge on any atom is -0.435 e. The van der Waals surface area contributed by atoms with Gasteiger partial charge in [-0.3, -0.25) is 9.59 Å². The average molecular weight is 213 g/mol. The van der Waals surface area contributed by atoms with Crippen LogP contribution in [0.25, 0.3) is 0 Å².